The van der Waals surface area contributed by atoms with Gasteiger partial charge in [-0.25, -0.2) is 0 Å². The zero-order chi connectivity index (χ0) is 35.1. The van der Waals surface area contributed by atoms with Crippen molar-refractivity contribution < 1.29 is 0 Å². The van der Waals surface area contributed by atoms with Crippen LogP contribution in [0.2, 0.25) is 0 Å². The molecule has 1 N–H and O–H groups in total. The van der Waals surface area contributed by atoms with Gasteiger partial charge in [-0.1, -0.05) is 0 Å². The van der Waals surface area contributed by atoms with Gasteiger partial charge in [0.15, 0.2) is 0 Å². The van der Waals surface area contributed by atoms with E-state index in [1.165, 1.54) is 38.6 Å². The standard InChI is InChI=1S/C48H31N3Se2/c1-5-13-31(14-6-1)45-35-29-40(49-30-35)46(32-15-7-2-8-16-32)37-22-24-39(51-37)48(34-19-11-4-12-20-34)44-28-26-42(53-44)41-25-27-43(52-41)47(33-17-9-3-10-18-33)38-23-21-36(45)50-38/h1-30,49H. The van der Waals surface area contributed by atoms with Crippen LogP contribution in [0.1, 0.15) is 33.5 Å². The van der Waals surface area contributed by atoms with Crippen LogP contribution in [-0.4, -0.2) is 45.4 Å². The topological polar surface area (TPSA) is 40.5 Å². The zero-order valence-electron chi connectivity index (χ0n) is 28.5. The normalized spacial score (nSPS) is 15.0. The minimum absolute atomic E-state index is 0.128. The fourth-order valence-corrected chi connectivity index (χ4v) is 12.4. The summed E-state index contributed by atoms with van der Waals surface area (Å²) < 4.78 is 5.59. The van der Waals surface area contributed by atoms with Crippen LogP contribution in [0.5, 0.6) is 0 Å². The van der Waals surface area contributed by atoms with Crippen molar-refractivity contribution in [3.8, 4) is 0 Å². The number of benzene rings is 4. The van der Waals surface area contributed by atoms with Crippen molar-refractivity contribution in [2.24, 2.45) is 9.98 Å². The molecule has 3 nitrogen and oxygen atoms in total. The summed E-state index contributed by atoms with van der Waals surface area (Å²) in [5.74, 6) is 0. The molecule has 0 amide bonds. The van der Waals surface area contributed by atoms with Crippen molar-refractivity contribution in [1.29, 1.82) is 0 Å². The first kappa shape index (κ1) is 31.9. The van der Waals surface area contributed by atoms with E-state index in [0.29, 0.717) is 0 Å². The molecule has 10 bridgehead atoms. The van der Waals surface area contributed by atoms with Crippen molar-refractivity contribution in [2.45, 2.75) is 0 Å². The van der Waals surface area contributed by atoms with Crippen molar-refractivity contribution in [1.82, 2.24) is 4.98 Å². The number of hydrogen-bond acceptors (Lipinski definition) is 2. The second kappa shape index (κ2) is 13.6. The Hall–Kier alpha value is -5.80. The Bertz CT molecular complexity index is 2750. The molecule has 250 valence electrons. The second-order valence-electron chi connectivity index (χ2n) is 13.0. The molecule has 5 heteroatoms. The summed E-state index contributed by atoms with van der Waals surface area (Å²) in [4.78, 5) is 14.6. The van der Waals surface area contributed by atoms with E-state index < -0.39 is 0 Å². The molecular weight excluding hydrogens is 776 g/mol. The minimum atomic E-state index is 0.128. The number of hydrogen-bond donors (Lipinski definition) is 1. The second-order valence-corrected chi connectivity index (χ2v) is 17.6. The van der Waals surface area contributed by atoms with E-state index in [2.05, 4.69) is 187 Å². The van der Waals surface area contributed by atoms with Gasteiger partial charge in [-0.05, 0) is 0 Å². The Kier molecular flexibility index (Phi) is 8.21. The predicted molar refractivity (Wildman–Crippen MR) is 220 cm³/mol. The van der Waals surface area contributed by atoms with Gasteiger partial charge >= 0.3 is 321 Å². The van der Waals surface area contributed by atoms with Gasteiger partial charge in [0.2, 0.25) is 0 Å². The van der Waals surface area contributed by atoms with Crippen LogP contribution in [0.4, 0.5) is 0 Å². The van der Waals surface area contributed by atoms with E-state index in [1.807, 2.05) is 0 Å². The molecule has 0 saturated carbocycles. The van der Waals surface area contributed by atoms with Crippen molar-refractivity contribution in [3.63, 3.8) is 0 Å². The Balaban J connectivity index is 1.33. The maximum absolute atomic E-state index is 5.45. The molecular formula is C48H31N3Se2. The van der Waals surface area contributed by atoms with Gasteiger partial charge in [-0.3, -0.25) is 0 Å². The summed E-state index contributed by atoms with van der Waals surface area (Å²) >= 11 is 0.256. The molecule has 3 aliphatic rings. The first-order chi connectivity index (χ1) is 26.3. The molecule has 0 unspecified atom stereocenters. The fourth-order valence-electron chi connectivity index (χ4n) is 7.33. The summed E-state index contributed by atoms with van der Waals surface area (Å²) in [5.41, 5.74) is 15.2. The molecule has 3 aliphatic heterocycles. The van der Waals surface area contributed by atoms with Crippen LogP contribution in [0.25, 0.3) is 22.3 Å². The van der Waals surface area contributed by atoms with Crippen LogP contribution >= 0.6 is 0 Å². The summed E-state index contributed by atoms with van der Waals surface area (Å²) in [5, 5.41) is 0. The van der Waals surface area contributed by atoms with Gasteiger partial charge < -0.3 is 0 Å². The van der Waals surface area contributed by atoms with Crippen molar-refractivity contribution in [2.75, 3.05) is 0 Å². The average molecular weight is 808 g/mol. The van der Waals surface area contributed by atoms with Gasteiger partial charge in [-0.2, -0.15) is 0 Å². The number of fused-ring (bicyclic) bond motifs is 8. The number of nitrogens with zero attached hydrogens (tertiary/aromatic N) is 2. The van der Waals surface area contributed by atoms with Crippen LogP contribution < -0.4 is 8.19 Å². The third-order valence-corrected chi connectivity index (χ3v) is 15.2. The summed E-state index contributed by atoms with van der Waals surface area (Å²) in [6, 6.07) is 54.5. The van der Waals surface area contributed by atoms with Crippen LogP contribution in [0.15, 0.2) is 204 Å². The van der Waals surface area contributed by atoms with E-state index in [1.54, 1.807) is 0 Å². The molecule has 0 atom stereocenters. The van der Waals surface area contributed by atoms with Crippen molar-refractivity contribution >= 4 is 62.7 Å². The number of allylic oxidation sites excluding steroid dienone is 4. The first-order valence-electron chi connectivity index (χ1n) is 17.7. The summed E-state index contributed by atoms with van der Waals surface area (Å²) in [6.07, 6.45) is 10.9. The molecule has 0 fully saturated rings. The van der Waals surface area contributed by atoms with Gasteiger partial charge in [0.05, 0.1) is 0 Å². The number of nitrogens with one attached hydrogen (secondary N) is 1. The van der Waals surface area contributed by atoms with Crippen LogP contribution in [-0.2, 0) is 0 Å². The molecule has 10 rings (SSSR count). The predicted octanol–water partition coefficient (Wildman–Crippen LogP) is 8.07. The number of rotatable bonds is 4. The van der Waals surface area contributed by atoms with E-state index >= 15 is 0 Å². The van der Waals surface area contributed by atoms with Gasteiger partial charge in [0, 0.05) is 0 Å². The molecule has 0 radical (unpaired) electrons. The van der Waals surface area contributed by atoms with Crippen molar-refractivity contribution in [3.05, 3.63) is 243 Å². The maximum atomic E-state index is 5.45. The molecule has 4 aromatic carbocycles. The zero-order valence-corrected chi connectivity index (χ0v) is 32.0. The molecule has 0 saturated heterocycles. The summed E-state index contributed by atoms with van der Waals surface area (Å²) in [6.45, 7) is 0. The fraction of sp³-hybridized carbons (Fsp3) is 0. The number of H-pyrrole nitrogens is 1. The first-order valence-corrected chi connectivity index (χ1v) is 21.1. The quantitative estimate of drug-likeness (QED) is 0.175. The van der Waals surface area contributed by atoms with Gasteiger partial charge in [0.25, 0.3) is 0 Å². The summed E-state index contributed by atoms with van der Waals surface area (Å²) in [7, 11) is 0. The Labute approximate surface area is 319 Å². The number of aromatic nitrogens is 1. The number of aromatic amines is 1. The molecule has 3 aromatic heterocycles. The Morgan fingerprint density at radius 3 is 1.23 bits per heavy atom. The van der Waals surface area contributed by atoms with Gasteiger partial charge in [-0.15, -0.1) is 0 Å². The van der Waals surface area contributed by atoms with Crippen LogP contribution in [0.3, 0.4) is 0 Å². The molecule has 0 aliphatic carbocycles. The van der Waals surface area contributed by atoms with Crippen LogP contribution in [0, 0.1) is 8.19 Å². The van der Waals surface area contributed by atoms with E-state index in [9.17, 15) is 0 Å². The Morgan fingerprint density at radius 1 is 0.358 bits per heavy atom. The van der Waals surface area contributed by atoms with E-state index in [-0.39, 0.29) is 29.0 Å². The SMILES string of the molecule is C1=CC2=C(c3ccccc3)c3c[nH]c(c3)C(c3ccccc3)=C3C=CC(=N3)C(c3ccccc3)=c3ccc([se]3)=c3ccc([se]3)=C(c3ccccc3)C1=N2. The number of aliphatic imine (C=N–C) groups is 2. The molecule has 7 aromatic rings. The molecule has 0 spiro atoms. The third-order valence-electron chi connectivity index (χ3n) is 9.74. The molecule has 53 heavy (non-hydrogen) atoms. The third kappa shape index (κ3) is 5.95. The average Bonchev–Trinajstić information content (AvgIpc) is 4.07. The Morgan fingerprint density at radius 2 is 0.755 bits per heavy atom. The van der Waals surface area contributed by atoms with Gasteiger partial charge in [0.1, 0.15) is 0 Å². The molecule has 6 heterocycles. The van der Waals surface area contributed by atoms with E-state index in [0.717, 1.165) is 56.3 Å². The monoisotopic (exact) mass is 809 g/mol. The van der Waals surface area contributed by atoms with E-state index in [4.69, 9.17) is 9.98 Å².